The Balaban J connectivity index is 0.000000575. The van der Waals surface area contributed by atoms with E-state index < -0.39 is 0 Å². The van der Waals surface area contributed by atoms with E-state index in [4.69, 9.17) is 4.74 Å². The number of ether oxygens (including phenoxy) is 1. The van der Waals surface area contributed by atoms with Crippen molar-refractivity contribution in [2.45, 2.75) is 26.2 Å². The summed E-state index contributed by atoms with van der Waals surface area (Å²) in [7, 11) is 0. The van der Waals surface area contributed by atoms with Crippen LogP contribution in [0, 0.1) is 5.92 Å². The summed E-state index contributed by atoms with van der Waals surface area (Å²) >= 11 is 0. The van der Waals surface area contributed by atoms with Gasteiger partial charge in [0.2, 0.25) is 5.97 Å². The molecule has 4 aromatic rings. The quantitative estimate of drug-likeness (QED) is 0.180. The van der Waals surface area contributed by atoms with Crippen LogP contribution in [0.2, 0.25) is 0 Å². The summed E-state index contributed by atoms with van der Waals surface area (Å²) in [6.07, 6.45) is 0.809. The predicted molar refractivity (Wildman–Crippen MR) is 116 cm³/mol. The number of rotatable bonds is 5. The standard InChI is InChI=1S/C16H18O2.2C5H5.2Fe/c1-12(2)11-15(13-7-3-4-8-13)16(17)18-14-9-5-6-10-14;2*1-2-4-5-3-1;;/h3-10,12,15H,11H2,1-2H3;2*1-5H;;/q-2;-5;-1;;. The number of hydrogen-bond acceptors (Lipinski definition) is 2. The van der Waals surface area contributed by atoms with Crippen molar-refractivity contribution in [2.75, 3.05) is 0 Å². The fraction of sp³-hybridized carbons (Fsp3) is 0.192. The Morgan fingerprint density at radius 2 is 1.27 bits per heavy atom. The fourth-order valence-corrected chi connectivity index (χ4v) is 2.71. The average molecular weight is 484 g/mol. The SMILES string of the molecule is CC(C)CC(C(=O)O[c-]1cccc1)[c-]1cccc1.[Fe].[Fe].[cH-]1[cH-][cH-][cH-][cH-]1.c1cc[cH-]c1. The van der Waals surface area contributed by atoms with E-state index in [-0.39, 0.29) is 46.0 Å². The first-order valence-electron chi connectivity index (χ1n) is 9.65. The van der Waals surface area contributed by atoms with Crippen molar-refractivity contribution >= 4 is 5.97 Å². The molecule has 0 aliphatic rings. The molecule has 0 bridgehead atoms. The van der Waals surface area contributed by atoms with Gasteiger partial charge in [0.1, 0.15) is 0 Å². The number of hydrogen-bond donors (Lipinski definition) is 0. The molecular formula is C26H28Fe2O2-8. The second-order valence-electron chi connectivity index (χ2n) is 6.87. The van der Waals surface area contributed by atoms with Crippen LogP contribution < -0.4 is 4.74 Å². The third-order valence-electron chi connectivity index (χ3n) is 4.04. The van der Waals surface area contributed by atoms with Gasteiger partial charge in [0.05, 0.1) is 0 Å². The number of carbonyl (C=O) groups excluding carboxylic acids is 1. The molecule has 0 radical (unpaired) electrons. The van der Waals surface area contributed by atoms with E-state index in [0.29, 0.717) is 11.7 Å². The molecule has 4 rings (SSSR count). The first-order valence-corrected chi connectivity index (χ1v) is 9.65. The molecule has 0 N–H and O–H groups in total. The van der Waals surface area contributed by atoms with E-state index in [2.05, 4.69) is 13.8 Å². The Hall–Kier alpha value is -2.09. The minimum Gasteiger partial charge on any atom is -0.748 e. The smallest absolute Gasteiger partial charge is 0.229 e. The van der Waals surface area contributed by atoms with E-state index >= 15 is 0 Å². The topological polar surface area (TPSA) is 26.3 Å². The third kappa shape index (κ3) is 11.2. The molecule has 0 spiro atoms. The monoisotopic (exact) mass is 484 g/mol. The van der Waals surface area contributed by atoms with Crippen molar-refractivity contribution in [3.63, 3.8) is 0 Å². The zero-order valence-electron chi connectivity index (χ0n) is 17.3. The van der Waals surface area contributed by atoms with Crippen LogP contribution in [-0.4, -0.2) is 5.97 Å². The summed E-state index contributed by atoms with van der Waals surface area (Å²) in [6.45, 7) is 4.23. The summed E-state index contributed by atoms with van der Waals surface area (Å²) in [5.74, 6) is 0.744. The molecule has 0 aliphatic carbocycles. The molecule has 0 aliphatic heterocycles. The molecule has 4 heteroatoms. The maximum absolute atomic E-state index is 12.2. The third-order valence-corrected chi connectivity index (χ3v) is 4.04. The zero-order chi connectivity index (χ0) is 20.0. The second kappa shape index (κ2) is 16.7. The molecule has 0 saturated heterocycles. The summed E-state index contributed by atoms with van der Waals surface area (Å²) in [5, 5.41) is 0. The summed E-state index contributed by atoms with van der Waals surface area (Å²) < 4.78 is 5.40. The predicted octanol–water partition coefficient (Wildman–Crippen LogP) is 6.67. The first kappa shape index (κ1) is 27.9. The van der Waals surface area contributed by atoms with E-state index in [0.717, 1.165) is 12.0 Å². The maximum Gasteiger partial charge on any atom is 0.229 e. The van der Waals surface area contributed by atoms with Crippen LogP contribution in [0.5, 0.6) is 5.75 Å². The van der Waals surface area contributed by atoms with Crippen LogP contribution >= 0.6 is 0 Å². The van der Waals surface area contributed by atoms with Gasteiger partial charge >= 0.3 is 0 Å². The van der Waals surface area contributed by atoms with Gasteiger partial charge in [-0.3, -0.25) is 0 Å². The minimum absolute atomic E-state index is 0. The number of carbonyl (C=O) groups is 1. The van der Waals surface area contributed by atoms with E-state index in [1.807, 2.05) is 97.1 Å². The molecule has 1 atom stereocenters. The molecule has 0 saturated carbocycles. The molecule has 4 aromatic carbocycles. The minimum atomic E-state index is -0.171. The van der Waals surface area contributed by atoms with Gasteiger partial charge in [0.25, 0.3) is 0 Å². The van der Waals surface area contributed by atoms with E-state index in [9.17, 15) is 4.79 Å². The van der Waals surface area contributed by atoms with Gasteiger partial charge < -0.3 is 39.9 Å². The van der Waals surface area contributed by atoms with Gasteiger partial charge in [-0.25, -0.2) is 24.3 Å². The first-order chi connectivity index (χ1) is 13.7. The maximum atomic E-state index is 12.2. The van der Waals surface area contributed by atoms with Crippen LogP contribution in [0.15, 0.2) is 109 Å². The summed E-state index contributed by atoms with van der Waals surface area (Å²) in [4.78, 5) is 12.2. The van der Waals surface area contributed by atoms with Gasteiger partial charge in [-0.05, 0) is 5.92 Å². The molecule has 0 heterocycles. The van der Waals surface area contributed by atoms with Crippen molar-refractivity contribution in [3.8, 4) is 5.75 Å². The Bertz CT molecular complexity index is 751. The van der Waals surface area contributed by atoms with Gasteiger partial charge in [0.15, 0.2) is 0 Å². The van der Waals surface area contributed by atoms with Crippen LogP contribution in [0.4, 0.5) is 0 Å². The molecule has 0 amide bonds. The van der Waals surface area contributed by atoms with Crippen molar-refractivity contribution in [2.24, 2.45) is 5.92 Å². The van der Waals surface area contributed by atoms with E-state index in [1.54, 1.807) is 12.1 Å². The molecule has 2 nitrogen and oxygen atoms in total. The van der Waals surface area contributed by atoms with E-state index in [1.165, 1.54) is 0 Å². The molecular weight excluding hydrogens is 456 g/mol. The Morgan fingerprint density at radius 1 is 0.800 bits per heavy atom. The van der Waals surface area contributed by atoms with Crippen molar-refractivity contribution in [3.05, 3.63) is 115 Å². The van der Waals surface area contributed by atoms with Crippen LogP contribution in [0.1, 0.15) is 31.7 Å². The van der Waals surface area contributed by atoms with Crippen LogP contribution in [0.3, 0.4) is 0 Å². The van der Waals surface area contributed by atoms with Gasteiger partial charge in [-0.2, -0.15) is 48.0 Å². The van der Waals surface area contributed by atoms with Crippen LogP contribution in [0.25, 0.3) is 0 Å². The van der Waals surface area contributed by atoms with Crippen molar-refractivity contribution < 1.29 is 43.7 Å². The van der Waals surface area contributed by atoms with Crippen LogP contribution in [-0.2, 0) is 38.9 Å². The van der Waals surface area contributed by atoms with Gasteiger partial charge in [-0.1, -0.05) is 20.3 Å². The molecule has 1 unspecified atom stereocenters. The number of esters is 1. The normalized spacial score (nSPS) is 10.2. The second-order valence-corrected chi connectivity index (χ2v) is 6.87. The largest absolute Gasteiger partial charge is 0.748 e. The Morgan fingerprint density at radius 3 is 1.67 bits per heavy atom. The van der Waals surface area contributed by atoms with Gasteiger partial charge in [0, 0.05) is 45.8 Å². The Labute approximate surface area is 201 Å². The fourth-order valence-electron chi connectivity index (χ4n) is 2.71. The summed E-state index contributed by atoms with van der Waals surface area (Å²) in [5.41, 5.74) is 1.04. The van der Waals surface area contributed by atoms with Crippen molar-refractivity contribution in [1.29, 1.82) is 0 Å². The molecule has 30 heavy (non-hydrogen) atoms. The molecule has 0 fully saturated rings. The van der Waals surface area contributed by atoms with Gasteiger partial charge in [-0.15, -0.1) is 12.1 Å². The summed E-state index contributed by atoms with van der Waals surface area (Å²) in [6, 6.07) is 35.2. The zero-order valence-corrected chi connectivity index (χ0v) is 19.5. The van der Waals surface area contributed by atoms with Crippen molar-refractivity contribution in [1.82, 2.24) is 0 Å². The molecule has 168 valence electrons. The average Bonchev–Trinajstić information content (AvgIpc) is 3.50. The Kier molecular flexibility index (Phi) is 15.5. The molecule has 0 aromatic heterocycles.